The highest BCUT2D eigenvalue weighted by Gasteiger charge is 2.29. The van der Waals surface area contributed by atoms with E-state index in [0.717, 1.165) is 22.5 Å². The monoisotopic (exact) mass is 455 g/mol. The number of Topliss-reactive ketones (excluding diaryl/α,β-unsaturated/α-hetero) is 1. The molecule has 1 atom stereocenters. The molecule has 33 heavy (non-hydrogen) atoms. The van der Waals surface area contributed by atoms with Crippen LogP contribution in [-0.4, -0.2) is 16.3 Å². The fraction of sp³-hybridized carbons (Fsp3) is 0.111. The van der Waals surface area contributed by atoms with Gasteiger partial charge in [0.05, 0.1) is 6.54 Å². The van der Waals surface area contributed by atoms with Crippen LogP contribution in [0.2, 0.25) is 5.15 Å². The number of ketones is 1. The average molecular weight is 456 g/mol. The number of nitrogens with one attached hydrogen (secondary N) is 2. The topological polar surface area (TPSA) is 63.1 Å². The molecular formula is C27H22ClN3O2. The molecule has 1 aromatic heterocycles. The SMILES string of the molecule is Cc1ccccc1C(=O)Nc1ccc(C(=O)C2Nc3ccccc3Cn3c(Cl)ccc32)cc1. The van der Waals surface area contributed by atoms with Gasteiger partial charge >= 0.3 is 0 Å². The Morgan fingerprint density at radius 1 is 0.939 bits per heavy atom. The van der Waals surface area contributed by atoms with Gasteiger partial charge in [-0.2, -0.15) is 0 Å². The van der Waals surface area contributed by atoms with E-state index in [-0.39, 0.29) is 11.7 Å². The summed E-state index contributed by atoms with van der Waals surface area (Å²) in [5, 5.41) is 6.90. The zero-order chi connectivity index (χ0) is 22.9. The summed E-state index contributed by atoms with van der Waals surface area (Å²) in [4.78, 5) is 26.1. The van der Waals surface area contributed by atoms with Crippen molar-refractivity contribution < 1.29 is 9.59 Å². The third kappa shape index (κ3) is 4.03. The molecule has 5 rings (SSSR count). The minimum Gasteiger partial charge on any atom is -0.370 e. The van der Waals surface area contributed by atoms with Gasteiger partial charge in [-0.25, -0.2) is 0 Å². The van der Waals surface area contributed by atoms with Crippen LogP contribution in [0.4, 0.5) is 11.4 Å². The van der Waals surface area contributed by atoms with E-state index >= 15 is 0 Å². The van der Waals surface area contributed by atoms with E-state index < -0.39 is 6.04 Å². The second kappa shape index (κ2) is 8.60. The first-order valence-electron chi connectivity index (χ1n) is 10.7. The zero-order valence-electron chi connectivity index (χ0n) is 18.0. The molecule has 0 radical (unpaired) electrons. The first-order valence-corrected chi connectivity index (χ1v) is 11.1. The summed E-state index contributed by atoms with van der Waals surface area (Å²) in [6.07, 6.45) is 0. The van der Waals surface area contributed by atoms with Gasteiger partial charge in [-0.1, -0.05) is 48.0 Å². The number of para-hydroxylation sites is 1. The number of halogens is 1. The predicted molar refractivity (Wildman–Crippen MR) is 131 cm³/mol. The smallest absolute Gasteiger partial charge is 0.255 e. The Balaban J connectivity index is 1.40. The summed E-state index contributed by atoms with van der Waals surface area (Å²) in [6.45, 7) is 2.49. The lowest BCUT2D eigenvalue weighted by Crippen LogP contribution is -2.22. The Bertz CT molecular complexity index is 1360. The summed E-state index contributed by atoms with van der Waals surface area (Å²) in [5.41, 5.74) is 5.51. The van der Waals surface area contributed by atoms with Gasteiger partial charge in [0.2, 0.25) is 0 Å². The molecule has 0 fully saturated rings. The van der Waals surface area contributed by atoms with Crippen LogP contribution in [0.3, 0.4) is 0 Å². The number of carbonyl (C=O) groups is 2. The molecule has 0 aliphatic carbocycles. The largest absolute Gasteiger partial charge is 0.370 e. The number of fused-ring (bicyclic) bond motifs is 2. The van der Waals surface area contributed by atoms with Crippen LogP contribution < -0.4 is 10.6 Å². The van der Waals surface area contributed by atoms with Crippen LogP contribution in [0.15, 0.2) is 84.9 Å². The number of aryl methyl sites for hydroxylation is 1. The molecule has 2 heterocycles. The van der Waals surface area contributed by atoms with Gasteiger partial charge in [-0.05, 0) is 66.6 Å². The van der Waals surface area contributed by atoms with Gasteiger partial charge < -0.3 is 15.2 Å². The Morgan fingerprint density at radius 3 is 2.45 bits per heavy atom. The third-order valence-electron chi connectivity index (χ3n) is 5.98. The van der Waals surface area contributed by atoms with Crippen molar-refractivity contribution in [2.45, 2.75) is 19.5 Å². The Kier molecular flexibility index (Phi) is 5.48. The van der Waals surface area contributed by atoms with E-state index in [9.17, 15) is 9.59 Å². The van der Waals surface area contributed by atoms with Crippen molar-refractivity contribution in [3.8, 4) is 0 Å². The van der Waals surface area contributed by atoms with Crippen LogP contribution in [0.5, 0.6) is 0 Å². The average Bonchev–Trinajstić information content (AvgIpc) is 3.09. The summed E-state index contributed by atoms with van der Waals surface area (Å²) in [5.74, 6) is -0.249. The minimum atomic E-state index is -0.575. The second-order valence-corrected chi connectivity index (χ2v) is 8.50. The Labute approximate surface area is 197 Å². The normalized spacial score (nSPS) is 14.4. The van der Waals surface area contributed by atoms with Gasteiger partial charge in [-0.3, -0.25) is 9.59 Å². The van der Waals surface area contributed by atoms with E-state index in [1.54, 1.807) is 30.3 Å². The molecule has 4 aromatic rings. The van der Waals surface area contributed by atoms with E-state index in [1.807, 2.05) is 66.1 Å². The highest BCUT2D eigenvalue weighted by atomic mass is 35.5. The highest BCUT2D eigenvalue weighted by molar-refractivity contribution is 6.29. The molecule has 1 amide bonds. The lowest BCUT2D eigenvalue weighted by atomic mass is 10.0. The fourth-order valence-electron chi connectivity index (χ4n) is 4.19. The first-order chi connectivity index (χ1) is 16.0. The number of hydrogen-bond acceptors (Lipinski definition) is 3. The quantitative estimate of drug-likeness (QED) is 0.365. The molecule has 6 heteroatoms. The molecule has 164 valence electrons. The minimum absolute atomic E-state index is 0.0699. The number of hydrogen-bond donors (Lipinski definition) is 2. The van der Waals surface area contributed by atoms with E-state index in [2.05, 4.69) is 10.6 Å². The number of anilines is 2. The molecule has 0 saturated heterocycles. The van der Waals surface area contributed by atoms with Crippen molar-refractivity contribution in [1.29, 1.82) is 0 Å². The maximum atomic E-state index is 13.5. The molecule has 1 unspecified atom stereocenters. The van der Waals surface area contributed by atoms with Crippen LogP contribution in [0.1, 0.15) is 43.6 Å². The van der Waals surface area contributed by atoms with E-state index in [0.29, 0.717) is 28.5 Å². The molecular weight excluding hydrogens is 434 g/mol. The summed E-state index contributed by atoms with van der Waals surface area (Å²) in [7, 11) is 0. The Hall–Kier alpha value is -3.83. The van der Waals surface area contributed by atoms with Crippen molar-refractivity contribution >= 4 is 34.7 Å². The van der Waals surface area contributed by atoms with E-state index in [1.165, 1.54) is 0 Å². The van der Waals surface area contributed by atoms with Gasteiger partial charge in [0.25, 0.3) is 5.91 Å². The maximum Gasteiger partial charge on any atom is 0.255 e. The Morgan fingerprint density at radius 2 is 1.67 bits per heavy atom. The number of nitrogens with zero attached hydrogens (tertiary/aromatic N) is 1. The number of amides is 1. The standard InChI is InChI=1S/C27H22ClN3O2/c1-17-6-2-4-8-21(17)27(33)29-20-12-10-18(11-13-20)26(32)25-23-14-15-24(28)31(23)16-19-7-3-5-9-22(19)30-25/h2-15,25,30H,16H2,1H3,(H,29,33). The van der Waals surface area contributed by atoms with Gasteiger partial charge in [0.1, 0.15) is 11.2 Å². The van der Waals surface area contributed by atoms with Crippen molar-refractivity contribution in [2.75, 3.05) is 10.6 Å². The van der Waals surface area contributed by atoms with Crippen molar-refractivity contribution in [3.05, 3.63) is 118 Å². The molecule has 3 aromatic carbocycles. The molecule has 0 spiro atoms. The lowest BCUT2D eigenvalue weighted by molar-refractivity contribution is 0.0966. The first kappa shape index (κ1) is 21.0. The van der Waals surface area contributed by atoms with Crippen molar-refractivity contribution in [1.82, 2.24) is 4.57 Å². The second-order valence-electron chi connectivity index (χ2n) is 8.11. The summed E-state index contributed by atoms with van der Waals surface area (Å²) < 4.78 is 1.96. The van der Waals surface area contributed by atoms with Gasteiger partial charge in [-0.15, -0.1) is 0 Å². The molecule has 1 aliphatic heterocycles. The number of aromatic nitrogens is 1. The van der Waals surface area contributed by atoms with Crippen LogP contribution in [0.25, 0.3) is 0 Å². The molecule has 0 saturated carbocycles. The molecule has 5 nitrogen and oxygen atoms in total. The van der Waals surface area contributed by atoms with Crippen LogP contribution in [0, 0.1) is 6.92 Å². The predicted octanol–water partition coefficient (Wildman–Crippen LogP) is 6.10. The number of carbonyl (C=O) groups excluding carboxylic acids is 2. The zero-order valence-corrected chi connectivity index (χ0v) is 18.8. The molecule has 0 bridgehead atoms. The number of rotatable bonds is 4. The van der Waals surface area contributed by atoms with Crippen molar-refractivity contribution in [2.24, 2.45) is 0 Å². The van der Waals surface area contributed by atoms with E-state index in [4.69, 9.17) is 11.6 Å². The van der Waals surface area contributed by atoms with Gasteiger partial charge in [0.15, 0.2) is 5.78 Å². The highest BCUT2D eigenvalue weighted by Crippen LogP contribution is 2.33. The summed E-state index contributed by atoms with van der Waals surface area (Å²) >= 11 is 6.43. The van der Waals surface area contributed by atoms with Gasteiger partial charge in [0, 0.05) is 28.2 Å². The van der Waals surface area contributed by atoms with Crippen molar-refractivity contribution in [3.63, 3.8) is 0 Å². The number of benzene rings is 3. The fourth-order valence-corrected chi connectivity index (χ4v) is 4.41. The van der Waals surface area contributed by atoms with Crippen LogP contribution in [-0.2, 0) is 6.54 Å². The molecule has 1 aliphatic rings. The third-order valence-corrected chi connectivity index (χ3v) is 6.31. The lowest BCUT2D eigenvalue weighted by Gasteiger charge is -2.18. The molecule has 2 N–H and O–H groups in total. The van der Waals surface area contributed by atoms with Crippen LogP contribution >= 0.6 is 11.6 Å². The maximum absolute atomic E-state index is 13.5. The summed E-state index contributed by atoms with van der Waals surface area (Å²) in [6, 6.07) is 25.5.